The number of rotatable bonds is 9. The number of hydrogen-bond donors (Lipinski definition) is 2. The largest absolute Gasteiger partial charge is 0.414 e. The summed E-state index contributed by atoms with van der Waals surface area (Å²) in [6.45, 7) is 5.67. The van der Waals surface area contributed by atoms with E-state index >= 15 is 0 Å². The van der Waals surface area contributed by atoms with Crippen molar-refractivity contribution in [2.75, 3.05) is 26.2 Å². The van der Waals surface area contributed by atoms with Gasteiger partial charge in [-0.05, 0) is 19.4 Å². The molecule has 1 rings (SSSR count). The highest BCUT2D eigenvalue weighted by Gasteiger charge is 2.41. The molecule has 2 atom stereocenters. The number of ether oxygens (including phenoxy) is 1. The molecule has 0 fully saturated rings. The van der Waals surface area contributed by atoms with Gasteiger partial charge in [0, 0.05) is 6.42 Å². The van der Waals surface area contributed by atoms with E-state index < -0.39 is 18.4 Å². The van der Waals surface area contributed by atoms with Crippen molar-refractivity contribution in [2.45, 2.75) is 38.7 Å². The first-order chi connectivity index (χ1) is 10.4. The number of quaternary nitrogens is 1. The van der Waals surface area contributed by atoms with Crippen molar-refractivity contribution in [3.05, 3.63) is 35.9 Å². The molecule has 0 unspecified atom stereocenters. The minimum atomic E-state index is -4.45. The Morgan fingerprint density at radius 1 is 1.14 bits per heavy atom. The Morgan fingerprint density at radius 3 is 2.23 bits per heavy atom. The van der Waals surface area contributed by atoms with Crippen molar-refractivity contribution in [1.29, 1.82) is 0 Å². The molecule has 0 aromatic heterocycles. The number of benzene rings is 1. The van der Waals surface area contributed by atoms with E-state index in [1.54, 1.807) is 30.3 Å². The summed E-state index contributed by atoms with van der Waals surface area (Å²) >= 11 is 0. The van der Waals surface area contributed by atoms with Crippen molar-refractivity contribution >= 4 is 0 Å². The summed E-state index contributed by atoms with van der Waals surface area (Å²) in [5.41, 5.74) is 0.564. The Bertz CT molecular complexity index is 408. The third-order valence-electron chi connectivity index (χ3n) is 3.64. The molecule has 0 spiro atoms. The third-order valence-corrected chi connectivity index (χ3v) is 3.64. The SMILES string of the molecule is CC[NH+](CC)C[C@H](O)CO[C@@H](Cc1ccccc1)C(F)(F)F. The standard InChI is InChI=1S/C16H24F3NO2/c1-3-20(4-2)11-14(21)12-22-15(16(17,18)19)10-13-8-6-5-7-9-13/h5-9,14-15,21H,3-4,10-12H2,1-2H3/p+1/t14-,15-/m0/s1. The van der Waals surface area contributed by atoms with Crippen molar-refractivity contribution in [1.82, 2.24) is 0 Å². The fraction of sp³-hybridized carbons (Fsp3) is 0.625. The number of aliphatic hydroxyl groups excluding tert-OH is 1. The van der Waals surface area contributed by atoms with E-state index in [4.69, 9.17) is 4.74 Å². The zero-order valence-electron chi connectivity index (χ0n) is 13.1. The average Bonchev–Trinajstić information content (AvgIpc) is 2.48. The average molecular weight is 320 g/mol. The Balaban J connectivity index is 2.55. The fourth-order valence-electron chi connectivity index (χ4n) is 2.26. The number of nitrogens with one attached hydrogen (secondary N) is 1. The summed E-state index contributed by atoms with van der Waals surface area (Å²) in [6.07, 6.45) is -7.47. The van der Waals surface area contributed by atoms with E-state index in [2.05, 4.69) is 0 Å². The second kappa shape index (κ2) is 9.12. The number of likely N-dealkylation sites (N-methyl/N-ethyl adjacent to an activating group) is 1. The zero-order chi connectivity index (χ0) is 16.6. The van der Waals surface area contributed by atoms with Gasteiger partial charge < -0.3 is 14.7 Å². The van der Waals surface area contributed by atoms with Gasteiger partial charge in [0.25, 0.3) is 0 Å². The van der Waals surface area contributed by atoms with Crippen LogP contribution < -0.4 is 4.90 Å². The molecule has 1 aromatic carbocycles. The molecule has 3 nitrogen and oxygen atoms in total. The van der Waals surface area contributed by atoms with E-state index in [1.165, 1.54) is 0 Å². The highest BCUT2D eigenvalue weighted by atomic mass is 19.4. The van der Waals surface area contributed by atoms with Crippen LogP contribution >= 0.6 is 0 Å². The van der Waals surface area contributed by atoms with E-state index in [0.29, 0.717) is 12.1 Å². The van der Waals surface area contributed by atoms with Crippen LogP contribution in [0.15, 0.2) is 30.3 Å². The van der Waals surface area contributed by atoms with Gasteiger partial charge in [-0.3, -0.25) is 0 Å². The Kier molecular flexibility index (Phi) is 7.85. The van der Waals surface area contributed by atoms with Crippen LogP contribution in [0.2, 0.25) is 0 Å². The molecular formula is C16H25F3NO2+. The van der Waals surface area contributed by atoms with Crippen LogP contribution in [0.25, 0.3) is 0 Å². The smallest absolute Gasteiger partial charge is 0.385 e. The van der Waals surface area contributed by atoms with Gasteiger partial charge in [0.15, 0.2) is 6.10 Å². The predicted molar refractivity (Wildman–Crippen MR) is 78.9 cm³/mol. The third kappa shape index (κ3) is 6.77. The molecule has 22 heavy (non-hydrogen) atoms. The lowest BCUT2D eigenvalue weighted by atomic mass is 10.1. The van der Waals surface area contributed by atoms with Crippen LogP contribution in [0.3, 0.4) is 0 Å². The molecule has 0 aliphatic heterocycles. The van der Waals surface area contributed by atoms with Gasteiger partial charge >= 0.3 is 6.18 Å². The van der Waals surface area contributed by atoms with E-state index in [-0.39, 0.29) is 13.0 Å². The van der Waals surface area contributed by atoms with Crippen LogP contribution in [0.4, 0.5) is 13.2 Å². The van der Waals surface area contributed by atoms with Gasteiger partial charge in [0.05, 0.1) is 19.7 Å². The normalized spacial score (nSPS) is 15.0. The van der Waals surface area contributed by atoms with Gasteiger partial charge in [0.1, 0.15) is 12.6 Å². The van der Waals surface area contributed by atoms with Crippen LogP contribution in [-0.2, 0) is 11.2 Å². The lowest BCUT2D eigenvalue weighted by Crippen LogP contribution is -3.12. The second-order valence-corrected chi connectivity index (χ2v) is 5.37. The molecule has 0 amide bonds. The molecule has 2 N–H and O–H groups in total. The number of alkyl halides is 3. The summed E-state index contributed by atoms with van der Waals surface area (Å²) in [4.78, 5) is 1.13. The van der Waals surface area contributed by atoms with Crippen molar-refractivity contribution in [2.24, 2.45) is 0 Å². The Hall–Kier alpha value is -1.11. The van der Waals surface area contributed by atoms with Crippen LogP contribution in [-0.4, -0.2) is 49.7 Å². The number of hydrogen-bond acceptors (Lipinski definition) is 2. The molecule has 0 radical (unpaired) electrons. The topological polar surface area (TPSA) is 33.9 Å². The molecule has 0 aliphatic carbocycles. The molecular weight excluding hydrogens is 295 g/mol. The molecule has 0 heterocycles. The quantitative estimate of drug-likeness (QED) is 0.722. The highest BCUT2D eigenvalue weighted by molar-refractivity contribution is 5.15. The summed E-state index contributed by atoms with van der Waals surface area (Å²) in [6, 6.07) is 8.42. The maximum absolute atomic E-state index is 13.0. The molecule has 0 aliphatic rings. The van der Waals surface area contributed by atoms with Crippen molar-refractivity contribution < 1.29 is 27.9 Å². The highest BCUT2D eigenvalue weighted by Crippen LogP contribution is 2.26. The van der Waals surface area contributed by atoms with Gasteiger partial charge in [0.2, 0.25) is 0 Å². The summed E-state index contributed by atoms with van der Waals surface area (Å²) in [5.74, 6) is 0. The van der Waals surface area contributed by atoms with Crippen molar-refractivity contribution in [3.8, 4) is 0 Å². The molecule has 0 bridgehead atoms. The summed E-state index contributed by atoms with van der Waals surface area (Å²) < 4.78 is 44.1. The van der Waals surface area contributed by atoms with Gasteiger partial charge in [-0.2, -0.15) is 13.2 Å². The lowest BCUT2D eigenvalue weighted by Gasteiger charge is -2.24. The molecule has 126 valence electrons. The molecule has 0 saturated heterocycles. The molecule has 1 aromatic rings. The van der Waals surface area contributed by atoms with E-state index in [1.807, 2.05) is 13.8 Å². The van der Waals surface area contributed by atoms with Crippen LogP contribution in [0, 0.1) is 0 Å². The maximum atomic E-state index is 13.0. The molecule has 6 heteroatoms. The van der Waals surface area contributed by atoms with Gasteiger partial charge in [-0.25, -0.2) is 0 Å². The fourth-order valence-corrected chi connectivity index (χ4v) is 2.26. The van der Waals surface area contributed by atoms with E-state index in [0.717, 1.165) is 18.0 Å². The predicted octanol–water partition coefficient (Wildman–Crippen LogP) is 1.46. The second-order valence-electron chi connectivity index (χ2n) is 5.37. The number of aliphatic hydroxyl groups is 1. The zero-order valence-corrected chi connectivity index (χ0v) is 13.1. The lowest BCUT2D eigenvalue weighted by molar-refractivity contribution is -0.899. The van der Waals surface area contributed by atoms with Crippen LogP contribution in [0.1, 0.15) is 19.4 Å². The first kappa shape index (κ1) is 18.9. The summed E-state index contributed by atoms with van der Waals surface area (Å²) in [5, 5.41) is 9.85. The van der Waals surface area contributed by atoms with Gasteiger partial charge in [-0.15, -0.1) is 0 Å². The summed E-state index contributed by atoms with van der Waals surface area (Å²) in [7, 11) is 0. The monoisotopic (exact) mass is 320 g/mol. The minimum absolute atomic E-state index is 0.241. The van der Waals surface area contributed by atoms with Gasteiger partial charge in [-0.1, -0.05) is 30.3 Å². The Morgan fingerprint density at radius 2 is 1.73 bits per heavy atom. The minimum Gasteiger partial charge on any atom is -0.385 e. The van der Waals surface area contributed by atoms with Crippen LogP contribution in [0.5, 0.6) is 0 Å². The van der Waals surface area contributed by atoms with Crippen molar-refractivity contribution in [3.63, 3.8) is 0 Å². The van der Waals surface area contributed by atoms with E-state index in [9.17, 15) is 18.3 Å². The molecule has 0 saturated carbocycles. The number of halogens is 3. The maximum Gasteiger partial charge on any atom is 0.414 e. The Labute approximate surface area is 129 Å². The first-order valence-electron chi connectivity index (χ1n) is 7.60. The first-order valence-corrected chi connectivity index (χ1v) is 7.60.